The highest BCUT2D eigenvalue weighted by Crippen LogP contribution is 2.20. The molecule has 1 aliphatic rings. The summed E-state index contributed by atoms with van der Waals surface area (Å²) in [4.78, 5) is 22.1. The van der Waals surface area contributed by atoms with Gasteiger partial charge < -0.3 is 15.2 Å². The number of nitrogens with zero attached hydrogens (tertiary/aromatic N) is 1. The van der Waals surface area contributed by atoms with Crippen LogP contribution in [-0.4, -0.2) is 57.5 Å². The van der Waals surface area contributed by atoms with E-state index in [0.29, 0.717) is 0 Å². The second-order valence-electron chi connectivity index (χ2n) is 4.70. The highest BCUT2D eigenvalue weighted by Gasteiger charge is 2.28. The quantitative estimate of drug-likeness (QED) is 0.718. The lowest BCUT2D eigenvalue weighted by Crippen LogP contribution is -2.40. The molecule has 126 valence electrons. The maximum atomic E-state index is 13.7. The van der Waals surface area contributed by atoms with Gasteiger partial charge in [-0.05, 0) is 18.2 Å². The summed E-state index contributed by atoms with van der Waals surface area (Å²) >= 11 is 0. The molecule has 1 saturated heterocycles. The number of carbonyl (C=O) groups is 2. The Balaban J connectivity index is 2.28. The average molecular weight is 346 g/mol. The van der Waals surface area contributed by atoms with Crippen molar-refractivity contribution in [1.82, 2.24) is 4.31 Å². The van der Waals surface area contributed by atoms with Crippen molar-refractivity contribution in [2.75, 3.05) is 32.9 Å². The number of ether oxygens (including phenoxy) is 2. The summed E-state index contributed by atoms with van der Waals surface area (Å²) in [6.45, 7) is 0.128. The van der Waals surface area contributed by atoms with Gasteiger partial charge in [0.15, 0.2) is 6.61 Å². The SMILES string of the molecule is NC(=O)COC(=O)c1cc(S(=O)(=O)N2CCOCC2)ccc1F. The third-order valence-corrected chi connectivity index (χ3v) is 5.01. The summed E-state index contributed by atoms with van der Waals surface area (Å²) in [6.07, 6.45) is 0. The molecule has 1 aromatic rings. The molecule has 2 rings (SSSR count). The number of hydrogen-bond acceptors (Lipinski definition) is 6. The number of amides is 1. The molecule has 0 aromatic heterocycles. The van der Waals surface area contributed by atoms with Gasteiger partial charge in [-0.25, -0.2) is 17.6 Å². The number of rotatable bonds is 5. The number of primary amides is 1. The second-order valence-corrected chi connectivity index (χ2v) is 6.64. The number of esters is 1. The molecule has 8 nitrogen and oxygen atoms in total. The molecule has 0 unspecified atom stereocenters. The molecule has 0 spiro atoms. The van der Waals surface area contributed by atoms with Crippen LogP contribution < -0.4 is 5.73 Å². The van der Waals surface area contributed by atoms with Crippen molar-refractivity contribution in [1.29, 1.82) is 0 Å². The predicted molar refractivity (Wildman–Crippen MR) is 75.5 cm³/mol. The van der Waals surface area contributed by atoms with E-state index in [1.54, 1.807) is 0 Å². The molecule has 1 heterocycles. The number of carbonyl (C=O) groups excluding carboxylic acids is 2. The van der Waals surface area contributed by atoms with Crippen LogP contribution in [0, 0.1) is 5.82 Å². The third kappa shape index (κ3) is 4.03. The molecular weight excluding hydrogens is 331 g/mol. The largest absolute Gasteiger partial charge is 0.452 e. The lowest BCUT2D eigenvalue weighted by atomic mass is 10.2. The highest BCUT2D eigenvalue weighted by atomic mass is 32.2. The molecule has 0 bridgehead atoms. The Morgan fingerprint density at radius 1 is 1.30 bits per heavy atom. The Labute approximate surface area is 132 Å². The van der Waals surface area contributed by atoms with Crippen LogP contribution in [0.3, 0.4) is 0 Å². The third-order valence-electron chi connectivity index (χ3n) is 3.11. The summed E-state index contributed by atoms with van der Waals surface area (Å²) < 4.78 is 49.4. The topological polar surface area (TPSA) is 116 Å². The molecule has 0 radical (unpaired) electrons. The van der Waals surface area contributed by atoms with E-state index in [2.05, 4.69) is 4.74 Å². The van der Waals surface area contributed by atoms with Crippen LogP contribution in [-0.2, 0) is 24.3 Å². The first kappa shape index (κ1) is 17.3. The normalized spacial score (nSPS) is 16.0. The molecule has 0 saturated carbocycles. The second kappa shape index (κ2) is 7.02. The Morgan fingerprint density at radius 2 is 1.96 bits per heavy atom. The van der Waals surface area contributed by atoms with Gasteiger partial charge in [0.1, 0.15) is 5.82 Å². The van der Waals surface area contributed by atoms with E-state index in [9.17, 15) is 22.4 Å². The Kier molecular flexibility index (Phi) is 5.29. The first-order valence-corrected chi connectivity index (χ1v) is 8.09. The van der Waals surface area contributed by atoms with Crippen LogP contribution in [0.4, 0.5) is 4.39 Å². The van der Waals surface area contributed by atoms with Crippen LogP contribution in [0.1, 0.15) is 10.4 Å². The van der Waals surface area contributed by atoms with Gasteiger partial charge in [-0.1, -0.05) is 0 Å². The van der Waals surface area contributed by atoms with Gasteiger partial charge in [0.05, 0.1) is 23.7 Å². The summed E-state index contributed by atoms with van der Waals surface area (Å²) in [5, 5.41) is 0. The number of nitrogens with two attached hydrogens (primary N) is 1. The molecule has 1 fully saturated rings. The van der Waals surface area contributed by atoms with Gasteiger partial charge in [-0.3, -0.25) is 4.79 Å². The standard InChI is InChI=1S/C13H15FN2O6S/c14-11-2-1-9(7-10(11)13(18)22-8-12(15)17)23(19,20)16-3-5-21-6-4-16/h1-2,7H,3-6,8H2,(H2,15,17). The van der Waals surface area contributed by atoms with E-state index >= 15 is 0 Å². The van der Waals surface area contributed by atoms with Gasteiger partial charge in [0.25, 0.3) is 5.91 Å². The van der Waals surface area contributed by atoms with Gasteiger partial charge >= 0.3 is 5.97 Å². The van der Waals surface area contributed by atoms with E-state index in [4.69, 9.17) is 10.5 Å². The van der Waals surface area contributed by atoms with Crippen LogP contribution in [0.15, 0.2) is 23.1 Å². The summed E-state index contributed by atoms with van der Waals surface area (Å²) in [7, 11) is -3.88. The van der Waals surface area contributed by atoms with Crippen LogP contribution >= 0.6 is 0 Å². The van der Waals surface area contributed by atoms with E-state index in [1.807, 2.05) is 0 Å². The minimum atomic E-state index is -3.88. The summed E-state index contributed by atoms with van der Waals surface area (Å²) in [6, 6.07) is 2.79. The molecule has 0 aliphatic carbocycles. The maximum absolute atomic E-state index is 13.7. The molecule has 1 aromatic carbocycles. The van der Waals surface area contributed by atoms with Crippen molar-refractivity contribution < 1.29 is 31.9 Å². The number of hydrogen-bond donors (Lipinski definition) is 1. The molecule has 2 N–H and O–H groups in total. The van der Waals surface area contributed by atoms with Crippen molar-refractivity contribution in [3.63, 3.8) is 0 Å². The minimum absolute atomic E-state index is 0.168. The van der Waals surface area contributed by atoms with E-state index in [1.165, 1.54) is 4.31 Å². The fraction of sp³-hybridized carbons (Fsp3) is 0.385. The van der Waals surface area contributed by atoms with Crippen LogP contribution in [0.2, 0.25) is 0 Å². The first-order chi connectivity index (χ1) is 10.8. The highest BCUT2D eigenvalue weighted by molar-refractivity contribution is 7.89. The zero-order chi connectivity index (χ0) is 17.0. The van der Waals surface area contributed by atoms with Crippen molar-refractivity contribution in [2.45, 2.75) is 4.90 Å². The molecule has 1 amide bonds. The maximum Gasteiger partial charge on any atom is 0.341 e. The Morgan fingerprint density at radius 3 is 2.57 bits per heavy atom. The van der Waals surface area contributed by atoms with E-state index in [-0.39, 0.29) is 31.2 Å². The smallest absolute Gasteiger partial charge is 0.341 e. The number of morpholine rings is 1. The van der Waals surface area contributed by atoms with Crippen molar-refractivity contribution in [3.05, 3.63) is 29.6 Å². The zero-order valence-electron chi connectivity index (χ0n) is 12.0. The Bertz CT molecular complexity index is 715. The monoisotopic (exact) mass is 346 g/mol. The predicted octanol–water partition coefficient (Wildman–Crippen LogP) is -0.511. The van der Waals surface area contributed by atoms with E-state index < -0.39 is 39.9 Å². The van der Waals surface area contributed by atoms with Gasteiger partial charge in [-0.2, -0.15) is 4.31 Å². The molecule has 1 aliphatic heterocycles. The van der Waals surface area contributed by atoms with E-state index in [0.717, 1.165) is 18.2 Å². The minimum Gasteiger partial charge on any atom is -0.452 e. The van der Waals surface area contributed by atoms with Crippen LogP contribution in [0.5, 0.6) is 0 Å². The van der Waals surface area contributed by atoms with Crippen molar-refractivity contribution in [3.8, 4) is 0 Å². The van der Waals surface area contributed by atoms with Crippen LogP contribution in [0.25, 0.3) is 0 Å². The molecule has 10 heteroatoms. The lowest BCUT2D eigenvalue weighted by molar-refractivity contribution is -0.121. The Hall–Kier alpha value is -2.04. The van der Waals surface area contributed by atoms with Crippen molar-refractivity contribution >= 4 is 21.9 Å². The molecule has 23 heavy (non-hydrogen) atoms. The van der Waals surface area contributed by atoms with Gasteiger partial charge in [0.2, 0.25) is 10.0 Å². The summed E-state index contributed by atoms with van der Waals surface area (Å²) in [5.74, 6) is -3.03. The van der Waals surface area contributed by atoms with Crippen molar-refractivity contribution in [2.24, 2.45) is 5.73 Å². The average Bonchev–Trinajstić information content (AvgIpc) is 2.53. The number of halogens is 1. The fourth-order valence-electron chi connectivity index (χ4n) is 1.97. The molecular formula is C13H15FN2O6S. The van der Waals surface area contributed by atoms with Gasteiger partial charge in [-0.15, -0.1) is 0 Å². The van der Waals surface area contributed by atoms with Gasteiger partial charge in [0, 0.05) is 13.1 Å². The fourth-order valence-corrected chi connectivity index (χ4v) is 3.41. The number of sulfonamides is 1. The zero-order valence-corrected chi connectivity index (χ0v) is 12.8. The number of benzene rings is 1. The first-order valence-electron chi connectivity index (χ1n) is 6.65. The summed E-state index contributed by atoms with van der Waals surface area (Å²) in [5.41, 5.74) is 4.25. The molecule has 0 atom stereocenters. The lowest BCUT2D eigenvalue weighted by Gasteiger charge is -2.26.